The Hall–Kier alpha value is -1.91. The van der Waals surface area contributed by atoms with Crippen LogP contribution in [-0.4, -0.2) is 15.1 Å². The van der Waals surface area contributed by atoms with E-state index >= 15 is 0 Å². The molecule has 16 heavy (non-hydrogen) atoms. The molecular formula is C11H12N4O. The zero-order chi connectivity index (χ0) is 11.0. The van der Waals surface area contributed by atoms with E-state index < -0.39 is 0 Å². The van der Waals surface area contributed by atoms with Crippen LogP contribution in [0.5, 0.6) is 0 Å². The van der Waals surface area contributed by atoms with Crippen LogP contribution in [0.4, 0.5) is 5.69 Å². The van der Waals surface area contributed by atoms with Gasteiger partial charge in [-0.3, -0.25) is 0 Å². The summed E-state index contributed by atoms with van der Waals surface area (Å²) in [4.78, 5) is 8.49. The highest BCUT2D eigenvalue weighted by atomic mass is 16.5. The first kappa shape index (κ1) is 9.33. The van der Waals surface area contributed by atoms with Crippen molar-refractivity contribution in [2.24, 2.45) is 0 Å². The van der Waals surface area contributed by atoms with E-state index in [-0.39, 0.29) is 0 Å². The van der Waals surface area contributed by atoms with E-state index in [0.29, 0.717) is 23.2 Å². The largest absolute Gasteiger partial charge is 0.397 e. The molecule has 1 aliphatic carbocycles. The van der Waals surface area contributed by atoms with Crippen molar-refractivity contribution in [2.45, 2.75) is 25.2 Å². The van der Waals surface area contributed by atoms with Crippen LogP contribution >= 0.6 is 0 Å². The summed E-state index contributed by atoms with van der Waals surface area (Å²) in [7, 11) is 0. The van der Waals surface area contributed by atoms with Gasteiger partial charge in [0.15, 0.2) is 11.5 Å². The van der Waals surface area contributed by atoms with Gasteiger partial charge in [-0.2, -0.15) is 4.98 Å². The molecule has 0 aliphatic heterocycles. The maximum absolute atomic E-state index is 5.79. The Morgan fingerprint density at radius 2 is 2.25 bits per heavy atom. The Morgan fingerprint density at radius 1 is 1.38 bits per heavy atom. The fourth-order valence-electron chi connectivity index (χ4n) is 1.76. The average Bonchev–Trinajstić information content (AvgIpc) is 2.65. The zero-order valence-corrected chi connectivity index (χ0v) is 8.76. The van der Waals surface area contributed by atoms with Gasteiger partial charge in [-0.05, 0) is 25.0 Å². The van der Waals surface area contributed by atoms with Crippen LogP contribution in [-0.2, 0) is 0 Å². The molecule has 2 aromatic rings. The third-order valence-corrected chi connectivity index (χ3v) is 2.95. The van der Waals surface area contributed by atoms with E-state index in [1.165, 1.54) is 6.42 Å². The van der Waals surface area contributed by atoms with Crippen molar-refractivity contribution in [3.8, 4) is 11.6 Å². The molecule has 1 saturated carbocycles. The number of aromatic nitrogens is 3. The summed E-state index contributed by atoms with van der Waals surface area (Å²) in [6.45, 7) is 0. The number of anilines is 1. The van der Waals surface area contributed by atoms with Gasteiger partial charge in [0.05, 0.1) is 5.69 Å². The molecule has 2 heterocycles. The maximum atomic E-state index is 5.79. The molecule has 0 bridgehead atoms. The molecular weight excluding hydrogens is 204 g/mol. The molecule has 5 heteroatoms. The first-order valence-electron chi connectivity index (χ1n) is 5.39. The number of pyridine rings is 1. The summed E-state index contributed by atoms with van der Waals surface area (Å²) in [5, 5.41) is 3.97. The van der Waals surface area contributed by atoms with E-state index in [1.54, 1.807) is 18.3 Å². The van der Waals surface area contributed by atoms with Gasteiger partial charge in [-0.25, -0.2) is 4.98 Å². The van der Waals surface area contributed by atoms with Gasteiger partial charge in [-0.15, -0.1) is 0 Å². The van der Waals surface area contributed by atoms with Crippen LogP contribution in [0, 0.1) is 0 Å². The van der Waals surface area contributed by atoms with Gasteiger partial charge in [-0.1, -0.05) is 11.6 Å². The second-order valence-corrected chi connectivity index (χ2v) is 4.03. The number of nitrogens with zero attached hydrogens (tertiary/aromatic N) is 3. The minimum absolute atomic E-state index is 0.417. The highest BCUT2D eigenvalue weighted by Crippen LogP contribution is 2.35. The van der Waals surface area contributed by atoms with E-state index in [0.717, 1.165) is 18.7 Å². The van der Waals surface area contributed by atoms with Crippen LogP contribution in [0.1, 0.15) is 31.0 Å². The van der Waals surface area contributed by atoms with Gasteiger partial charge in [0.25, 0.3) is 5.89 Å². The first-order valence-corrected chi connectivity index (χ1v) is 5.39. The molecule has 0 radical (unpaired) electrons. The molecule has 2 N–H and O–H groups in total. The molecule has 0 spiro atoms. The highest BCUT2D eigenvalue weighted by Gasteiger charge is 2.25. The van der Waals surface area contributed by atoms with Gasteiger partial charge in [0.2, 0.25) is 0 Å². The zero-order valence-electron chi connectivity index (χ0n) is 8.76. The minimum atomic E-state index is 0.417. The van der Waals surface area contributed by atoms with Gasteiger partial charge < -0.3 is 10.3 Å². The average molecular weight is 216 g/mol. The Labute approximate surface area is 92.7 Å². The van der Waals surface area contributed by atoms with Crippen LogP contribution in [0.15, 0.2) is 22.9 Å². The van der Waals surface area contributed by atoms with Crippen molar-refractivity contribution in [2.75, 3.05) is 5.73 Å². The first-order chi connectivity index (χ1) is 7.84. The number of nitrogens with two attached hydrogens (primary N) is 1. The predicted molar refractivity (Wildman–Crippen MR) is 58.5 cm³/mol. The molecule has 0 amide bonds. The van der Waals surface area contributed by atoms with Crippen molar-refractivity contribution in [1.82, 2.24) is 15.1 Å². The van der Waals surface area contributed by atoms with E-state index in [1.807, 2.05) is 0 Å². The van der Waals surface area contributed by atoms with Crippen molar-refractivity contribution < 1.29 is 4.52 Å². The third-order valence-electron chi connectivity index (χ3n) is 2.95. The molecule has 3 rings (SSSR count). The number of hydrogen-bond donors (Lipinski definition) is 1. The molecule has 1 fully saturated rings. The lowest BCUT2D eigenvalue weighted by atomic mass is 9.85. The molecule has 5 nitrogen and oxygen atoms in total. The van der Waals surface area contributed by atoms with Crippen molar-refractivity contribution in [3.05, 3.63) is 24.2 Å². The second kappa shape index (κ2) is 3.59. The molecule has 0 atom stereocenters. The number of hydrogen-bond acceptors (Lipinski definition) is 5. The van der Waals surface area contributed by atoms with Crippen LogP contribution in [0.3, 0.4) is 0 Å². The minimum Gasteiger partial charge on any atom is -0.397 e. The van der Waals surface area contributed by atoms with Gasteiger partial charge in [0.1, 0.15) is 0 Å². The molecule has 0 aromatic carbocycles. The second-order valence-electron chi connectivity index (χ2n) is 4.03. The molecule has 82 valence electrons. The summed E-state index contributed by atoms with van der Waals surface area (Å²) in [6, 6.07) is 3.55. The van der Waals surface area contributed by atoms with Crippen molar-refractivity contribution >= 4 is 5.69 Å². The predicted octanol–water partition coefficient (Wildman–Crippen LogP) is 1.98. The third kappa shape index (κ3) is 1.44. The topological polar surface area (TPSA) is 77.8 Å². The molecule has 1 aliphatic rings. The Bertz CT molecular complexity index is 504. The smallest absolute Gasteiger partial charge is 0.278 e. The highest BCUT2D eigenvalue weighted by molar-refractivity contribution is 5.65. The quantitative estimate of drug-likeness (QED) is 0.830. The summed E-state index contributed by atoms with van der Waals surface area (Å²) in [5.41, 5.74) is 6.93. The van der Waals surface area contributed by atoms with Crippen molar-refractivity contribution in [1.29, 1.82) is 0 Å². The fourth-order valence-corrected chi connectivity index (χ4v) is 1.76. The molecule has 2 aromatic heterocycles. The van der Waals surface area contributed by atoms with Crippen LogP contribution < -0.4 is 5.73 Å². The Morgan fingerprint density at radius 3 is 2.94 bits per heavy atom. The number of nitrogen functional groups attached to an aromatic ring is 1. The maximum Gasteiger partial charge on any atom is 0.278 e. The molecule has 0 unspecified atom stereocenters. The summed E-state index contributed by atoms with van der Waals surface area (Å²) >= 11 is 0. The SMILES string of the molecule is Nc1cccnc1-c1nc(C2CCC2)no1. The Balaban J connectivity index is 1.95. The molecule has 0 saturated heterocycles. The van der Waals surface area contributed by atoms with Crippen LogP contribution in [0.25, 0.3) is 11.6 Å². The number of rotatable bonds is 2. The van der Waals surface area contributed by atoms with Gasteiger partial charge in [0, 0.05) is 12.1 Å². The van der Waals surface area contributed by atoms with E-state index in [4.69, 9.17) is 10.3 Å². The summed E-state index contributed by atoms with van der Waals surface area (Å²) < 4.78 is 5.18. The lowest BCUT2D eigenvalue weighted by Crippen LogP contribution is -2.10. The lowest BCUT2D eigenvalue weighted by Gasteiger charge is -2.20. The summed E-state index contributed by atoms with van der Waals surface area (Å²) in [5.74, 6) is 1.66. The van der Waals surface area contributed by atoms with Crippen LogP contribution in [0.2, 0.25) is 0 Å². The van der Waals surface area contributed by atoms with E-state index in [2.05, 4.69) is 15.1 Å². The standard InChI is InChI=1S/C11H12N4O/c12-8-5-2-6-13-9(8)11-14-10(15-16-11)7-3-1-4-7/h2,5-7H,1,3-4,12H2. The summed E-state index contributed by atoms with van der Waals surface area (Å²) in [6.07, 6.45) is 5.21. The Kier molecular flexibility index (Phi) is 2.09. The fraction of sp³-hybridized carbons (Fsp3) is 0.364. The van der Waals surface area contributed by atoms with Gasteiger partial charge >= 0.3 is 0 Å². The monoisotopic (exact) mass is 216 g/mol. The van der Waals surface area contributed by atoms with E-state index in [9.17, 15) is 0 Å². The lowest BCUT2D eigenvalue weighted by molar-refractivity contribution is 0.366. The van der Waals surface area contributed by atoms with Crippen molar-refractivity contribution in [3.63, 3.8) is 0 Å². The normalized spacial score (nSPS) is 16.0.